The SMILES string of the molecule is CCSCCC(C)Nc1ncc(Cl)cc1F. The summed E-state index contributed by atoms with van der Waals surface area (Å²) in [7, 11) is 0. The summed E-state index contributed by atoms with van der Waals surface area (Å²) in [5.74, 6) is 2.06. The lowest BCUT2D eigenvalue weighted by molar-refractivity contribution is 0.618. The standard InChI is InChI=1S/C11H16ClFN2S/c1-3-16-5-4-8(2)15-11-10(13)6-9(12)7-14-11/h6-8H,3-5H2,1-2H3,(H,14,15). The van der Waals surface area contributed by atoms with Gasteiger partial charge in [-0.2, -0.15) is 11.8 Å². The first-order valence-electron chi connectivity index (χ1n) is 5.28. The van der Waals surface area contributed by atoms with Crippen molar-refractivity contribution in [1.82, 2.24) is 4.98 Å². The quantitative estimate of drug-likeness (QED) is 0.789. The van der Waals surface area contributed by atoms with E-state index in [-0.39, 0.29) is 11.9 Å². The number of halogens is 2. The predicted octanol–water partition coefficient (Wildman–Crippen LogP) is 3.82. The monoisotopic (exact) mass is 262 g/mol. The second kappa shape index (κ2) is 6.97. The summed E-state index contributed by atoms with van der Waals surface area (Å²) in [6.07, 6.45) is 2.43. The van der Waals surface area contributed by atoms with Crippen LogP contribution in [-0.4, -0.2) is 22.5 Å². The van der Waals surface area contributed by atoms with E-state index in [0.29, 0.717) is 5.02 Å². The van der Waals surface area contributed by atoms with Gasteiger partial charge in [0.05, 0.1) is 5.02 Å². The number of hydrogen-bond donors (Lipinski definition) is 1. The molecule has 90 valence electrons. The third-order valence-corrected chi connectivity index (χ3v) is 3.23. The lowest BCUT2D eigenvalue weighted by atomic mass is 10.2. The van der Waals surface area contributed by atoms with Crippen molar-refractivity contribution in [2.45, 2.75) is 26.3 Å². The van der Waals surface area contributed by atoms with Crippen molar-refractivity contribution in [3.63, 3.8) is 0 Å². The number of hydrogen-bond acceptors (Lipinski definition) is 3. The summed E-state index contributed by atoms with van der Waals surface area (Å²) in [5.41, 5.74) is 0. The minimum absolute atomic E-state index is 0.210. The Hall–Kier alpha value is -0.480. The molecule has 0 saturated carbocycles. The number of nitrogens with zero attached hydrogens (tertiary/aromatic N) is 1. The van der Waals surface area contributed by atoms with Crippen molar-refractivity contribution in [2.75, 3.05) is 16.8 Å². The molecular weight excluding hydrogens is 247 g/mol. The zero-order chi connectivity index (χ0) is 12.0. The molecule has 0 spiro atoms. The Balaban J connectivity index is 2.46. The van der Waals surface area contributed by atoms with E-state index in [2.05, 4.69) is 17.2 Å². The van der Waals surface area contributed by atoms with Crippen LogP contribution in [0.5, 0.6) is 0 Å². The highest BCUT2D eigenvalue weighted by atomic mass is 35.5. The van der Waals surface area contributed by atoms with Crippen LogP contribution in [0.15, 0.2) is 12.3 Å². The molecular formula is C11H16ClFN2S. The number of pyridine rings is 1. The molecule has 1 rings (SSSR count). The minimum Gasteiger partial charge on any atom is -0.365 e. The van der Waals surface area contributed by atoms with Gasteiger partial charge in [0.1, 0.15) is 0 Å². The van der Waals surface area contributed by atoms with E-state index < -0.39 is 5.82 Å². The molecule has 0 aliphatic carbocycles. The molecule has 0 radical (unpaired) electrons. The van der Waals surface area contributed by atoms with Crippen LogP contribution in [0.1, 0.15) is 20.3 Å². The van der Waals surface area contributed by atoms with Crippen molar-refractivity contribution in [3.8, 4) is 0 Å². The van der Waals surface area contributed by atoms with Crippen molar-refractivity contribution in [3.05, 3.63) is 23.1 Å². The lowest BCUT2D eigenvalue weighted by Crippen LogP contribution is -2.17. The van der Waals surface area contributed by atoms with E-state index >= 15 is 0 Å². The number of thioether (sulfide) groups is 1. The molecule has 1 N–H and O–H groups in total. The normalized spacial score (nSPS) is 12.5. The van der Waals surface area contributed by atoms with Crippen molar-refractivity contribution >= 4 is 29.2 Å². The highest BCUT2D eigenvalue weighted by Gasteiger charge is 2.08. The van der Waals surface area contributed by atoms with E-state index in [1.165, 1.54) is 12.3 Å². The molecule has 0 aliphatic rings. The third-order valence-electron chi connectivity index (χ3n) is 2.09. The Morgan fingerprint density at radius 1 is 1.62 bits per heavy atom. The van der Waals surface area contributed by atoms with Crippen molar-refractivity contribution in [1.29, 1.82) is 0 Å². The molecule has 0 saturated heterocycles. The van der Waals surface area contributed by atoms with Crippen LogP contribution < -0.4 is 5.32 Å². The van der Waals surface area contributed by atoms with E-state index in [0.717, 1.165) is 17.9 Å². The maximum atomic E-state index is 13.4. The van der Waals surface area contributed by atoms with E-state index in [9.17, 15) is 4.39 Å². The number of rotatable bonds is 6. The summed E-state index contributed by atoms with van der Waals surface area (Å²) in [4.78, 5) is 3.92. The average Bonchev–Trinajstić information content (AvgIpc) is 2.23. The van der Waals surface area contributed by atoms with Crippen LogP contribution in [-0.2, 0) is 0 Å². The molecule has 1 aromatic heterocycles. The summed E-state index contributed by atoms with van der Waals surface area (Å²) < 4.78 is 13.4. The van der Waals surface area contributed by atoms with Gasteiger partial charge in [0.2, 0.25) is 0 Å². The van der Waals surface area contributed by atoms with E-state index in [1.54, 1.807) is 0 Å². The minimum atomic E-state index is -0.400. The van der Waals surface area contributed by atoms with Gasteiger partial charge in [-0.25, -0.2) is 9.37 Å². The van der Waals surface area contributed by atoms with Crippen LogP contribution in [0.4, 0.5) is 10.2 Å². The van der Waals surface area contributed by atoms with Crippen LogP contribution in [0.2, 0.25) is 5.02 Å². The third kappa shape index (κ3) is 4.58. The molecule has 1 heterocycles. The molecule has 1 atom stereocenters. The first kappa shape index (κ1) is 13.6. The fourth-order valence-corrected chi connectivity index (χ4v) is 2.18. The van der Waals surface area contributed by atoms with Crippen LogP contribution in [0, 0.1) is 5.82 Å². The topological polar surface area (TPSA) is 24.9 Å². The highest BCUT2D eigenvalue weighted by molar-refractivity contribution is 7.99. The fourth-order valence-electron chi connectivity index (χ4n) is 1.23. The molecule has 0 fully saturated rings. The second-order valence-electron chi connectivity index (χ2n) is 3.51. The maximum absolute atomic E-state index is 13.4. The zero-order valence-electron chi connectivity index (χ0n) is 9.46. The Labute approximate surface area is 105 Å². The van der Waals surface area contributed by atoms with Crippen molar-refractivity contribution in [2.24, 2.45) is 0 Å². The van der Waals surface area contributed by atoms with Crippen LogP contribution in [0.3, 0.4) is 0 Å². The number of aromatic nitrogens is 1. The Morgan fingerprint density at radius 2 is 2.38 bits per heavy atom. The Morgan fingerprint density at radius 3 is 3.00 bits per heavy atom. The van der Waals surface area contributed by atoms with E-state index in [4.69, 9.17) is 11.6 Å². The summed E-state index contributed by atoms with van der Waals surface area (Å²) >= 11 is 7.50. The van der Waals surface area contributed by atoms with Gasteiger partial charge in [-0.05, 0) is 30.9 Å². The number of nitrogens with one attached hydrogen (secondary N) is 1. The number of anilines is 1. The van der Waals surface area contributed by atoms with Gasteiger partial charge in [0.15, 0.2) is 11.6 Å². The Bertz CT molecular complexity index is 336. The average molecular weight is 263 g/mol. The molecule has 0 bridgehead atoms. The molecule has 0 amide bonds. The largest absolute Gasteiger partial charge is 0.365 e. The van der Waals surface area contributed by atoms with E-state index in [1.807, 2.05) is 18.7 Å². The van der Waals surface area contributed by atoms with Gasteiger partial charge in [-0.3, -0.25) is 0 Å². The zero-order valence-corrected chi connectivity index (χ0v) is 11.0. The van der Waals surface area contributed by atoms with Gasteiger partial charge in [-0.1, -0.05) is 18.5 Å². The van der Waals surface area contributed by atoms with Crippen LogP contribution >= 0.6 is 23.4 Å². The second-order valence-corrected chi connectivity index (χ2v) is 5.35. The van der Waals surface area contributed by atoms with Gasteiger partial charge >= 0.3 is 0 Å². The molecule has 1 unspecified atom stereocenters. The highest BCUT2D eigenvalue weighted by Crippen LogP contribution is 2.17. The molecule has 16 heavy (non-hydrogen) atoms. The fraction of sp³-hybridized carbons (Fsp3) is 0.545. The maximum Gasteiger partial charge on any atom is 0.166 e. The first-order chi connectivity index (χ1) is 7.63. The van der Waals surface area contributed by atoms with Crippen molar-refractivity contribution < 1.29 is 4.39 Å². The predicted molar refractivity (Wildman–Crippen MR) is 69.9 cm³/mol. The molecule has 0 aliphatic heterocycles. The summed E-state index contributed by atoms with van der Waals surface area (Å²) in [6.45, 7) is 4.15. The van der Waals surface area contributed by atoms with Crippen LogP contribution in [0.25, 0.3) is 0 Å². The van der Waals surface area contributed by atoms with Gasteiger partial charge in [0, 0.05) is 12.2 Å². The summed E-state index contributed by atoms with van der Waals surface area (Å²) in [5, 5.41) is 3.36. The molecule has 0 aromatic carbocycles. The Kier molecular flexibility index (Phi) is 5.91. The van der Waals surface area contributed by atoms with Gasteiger partial charge in [-0.15, -0.1) is 0 Å². The lowest BCUT2D eigenvalue weighted by Gasteiger charge is -2.14. The molecule has 1 aromatic rings. The first-order valence-corrected chi connectivity index (χ1v) is 6.82. The van der Waals surface area contributed by atoms with Gasteiger partial charge < -0.3 is 5.32 Å². The molecule has 2 nitrogen and oxygen atoms in total. The smallest absolute Gasteiger partial charge is 0.166 e. The molecule has 5 heteroatoms. The summed E-state index contributed by atoms with van der Waals surface area (Å²) in [6, 6.07) is 1.48. The van der Waals surface area contributed by atoms with Gasteiger partial charge in [0.25, 0.3) is 0 Å².